The van der Waals surface area contributed by atoms with Crippen molar-refractivity contribution < 1.29 is 14.3 Å². The van der Waals surface area contributed by atoms with Crippen LogP contribution in [-0.2, 0) is 9.53 Å². The predicted molar refractivity (Wildman–Crippen MR) is 81.5 cm³/mol. The minimum absolute atomic E-state index is 0.0474. The van der Waals surface area contributed by atoms with Gasteiger partial charge in [-0.2, -0.15) is 0 Å². The van der Waals surface area contributed by atoms with Crippen molar-refractivity contribution in [3.8, 4) is 0 Å². The van der Waals surface area contributed by atoms with Crippen LogP contribution in [0.2, 0.25) is 0 Å². The summed E-state index contributed by atoms with van der Waals surface area (Å²) in [6, 6.07) is 7.18. The van der Waals surface area contributed by atoms with Gasteiger partial charge >= 0.3 is 6.09 Å². The van der Waals surface area contributed by atoms with Crippen LogP contribution in [0, 0.1) is 5.41 Å². The van der Waals surface area contributed by atoms with Crippen LogP contribution < -0.4 is 5.32 Å². The van der Waals surface area contributed by atoms with Gasteiger partial charge in [-0.1, -0.05) is 41.9 Å². The summed E-state index contributed by atoms with van der Waals surface area (Å²) in [6.45, 7) is 4.03. The van der Waals surface area contributed by atoms with Gasteiger partial charge in [-0.15, -0.1) is 0 Å². The van der Waals surface area contributed by atoms with Gasteiger partial charge in [0.1, 0.15) is 5.76 Å². The van der Waals surface area contributed by atoms with Gasteiger partial charge < -0.3 is 10.1 Å². The van der Waals surface area contributed by atoms with Crippen molar-refractivity contribution in [3.63, 3.8) is 0 Å². The molecule has 21 heavy (non-hydrogen) atoms. The van der Waals surface area contributed by atoms with Crippen LogP contribution in [0.3, 0.4) is 0 Å². The molecule has 0 saturated heterocycles. The van der Waals surface area contributed by atoms with Gasteiger partial charge in [0.25, 0.3) is 0 Å². The maximum Gasteiger partial charge on any atom is 0.413 e. The second kappa shape index (κ2) is 4.98. The number of nitrogens with one attached hydrogen (secondary N) is 1. The first-order valence-electron chi connectivity index (χ1n) is 6.86. The summed E-state index contributed by atoms with van der Waals surface area (Å²) in [4.78, 5) is 24.3. The van der Waals surface area contributed by atoms with Gasteiger partial charge in [-0.25, -0.2) is 4.79 Å². The number of carbonyl (C=O) groups is 2. The Morgan fingerprint density at radius 2 is 2.05 bits per heavy atom. The van der Waals surface area contributed by atoms with Crippen LogP contribution in [0.5, 0.6) is 0 Å². The summed E-state index contributed by atoms with van der Waals surface area (Å²) < 4.78 is 6.18. The molecular formula is C16H16BrNO3. The van der Waals surface area contributed by atoms with Crippen molar-refractivity contribution in [3.05, 3.63) is 45.6 Å². The standard InChI is InChI=1S/C16H16BrNO3/c1-16(2)7-11(19)13-12(8-16)21-15(20)18-14(13)9-4-3-5-10(17)6-9/h3-6,14H,7-8H2,1-2H3,(H,18,20). The molecule has 5 heteroatoms. The van der Waals surface area contributed by atoms with Crippen molar-refractivity contribution in [2.75, 3.05) is 0 Å². The number of hydrogen-bond donors (Lipinski definition) is 1. The van der Waals surface area contributed by atoms with Gasteiger partial charge in [-0.05, 0) is 23.1 Å². The van der Waals surface area contributed by atoms with E-state index in [4.69, 9.17) is 4.74 Å². The Kier molecular flexibility index (Phi) is 3.40. The summed E-state index contributed by atoms with van der Waals surface area (Å²) in [5.74, 6) is 0.566. The number of rotatable bonds is 1. The molecule has 0 radical (unpaired) electrons. The molecule has 0 spiro atoms. The molecule has 1 heterocycles. The van der Waals surface area contributed by atoms with E-state index in [0.717, 1.165) is 10.0 Å². The predicted octanol–water partition coefficient (Wildman–Crippen LogP) is 3.87. The fourth-order valence-corrected chi connectivity index (χ4v) is 3.38. The van der Waals surface area contributed by atoms with Crippen LogP contribution >= 0.6 is 15.9 Å². The average Bonchev–Trinajstić information content (AvgIpc) is 2.35. The zero-order valence-corrected chi connectivity index (χ0v) is 13.5. The minimum atomic E-state index is -0.496. The van der Waals surface area contributed by atoms with Crippen LogP contribution in [-0.4, -0.2) is 11.9 Å². The molecule has 0 aromatic heterocycles. The van der Waals surface area contributed by atoms with E-state index in [1.165, 1.54) is 0 Å². The molecule has 0 saturated carbocycles. The Bertz CT molecular complexity index is 663. The molecular weight excluding hydrogens is 334 g/mol. The third-order valence-corrected chi connectivity index (χ3v) is 4.32. The number of alkyl carbamates (subject to hydrolysis) is 1. The second-order valence-electron chi connectivity index (χ2n) is 6.30. The highest BCUT2D eigenvalue weighted by Gasteiger charge is 2.41. The second-order valence-corrected chi connectivity index (χ2v) is 7.22. The zero-order chi connectivity index (χ0) is 15.2. The molecule has 0 bridgehead atoms. The fourth-order valence-electron chi connectivity index (χ4n) is 2.96. The average molecular weight is 350 g/mol. The number of halogens is 1. The van der Waals surface area contributed by atoms with Crippen molar-refractivity contribution >= 4 is 27.8 Å². The number of benzene rings is 1. The zero-order valence-electron chi connectivity index (χ0n) is 11.9. The minimum Gasteiger partial charge on any atom is -0.414 e. The molecule has 1 aliphatic heterocycles. The Morgan fingerprint density at radius 1 is 1.29 bits per heavy atom. The van der Waals surface area contributed by atoms with Crippen molar-refractivity contribution in [1.29, 1.82) is 0 Å². The van der Waals surface area contributed by atoms with E-state index in [1.807, 2.05) is 38.1 Å². The lowest BCUT2D eigenvalue weighted by molar-refractivity contribution is -0.119. The molecule has 1 aromatic rings. The Hall–Kier alpha value is -1.62. The fraction of sp³-hybridized carbons (Fsp3) is 0.375. The first kappa shape index (κ1) is 14.3. The van der Waals surface area contributed by atoms with Crippen LogP contribution in [0.4, 0.5) is 4.79 Å². The van der Waals surface area contributed by atoms with Crippen molar-refractivity contribution in [2.24, 2.45) is 5.41 Å². The molecule has 1 N–H and O–H groups in total. The highest BCUT2D eigenvalue weighted by molar-refractivity contribution is 9.10. The molecule has 2 aliphatic rings. The first-order chi connectivity index (χ1) is 9.85. The third kappa shape index (κ3) is 2.75. The van der Waals surface area contributed by atoms with Gasteiger partial charge in [0.15, 0.2) is 5.78 Å². The number of ketones is 1. The number of hydrogen-bond acceptors (Lipinski definition) is 3. The van der Waals surface area contributed by atoms with Gasteiger partial charge in [0.2, 0.25) is 0 Å². The quantitative estimate of drug-likeness (QED) is 0.837. The summed E-state index contributed by atoms with van der Waals surface area (Å²) >= 11 is 3.42. The smallest absolute Gasteiger partial charge is 0.413 e. The highest BCUT2D eigenvalue weighted by Crippen LogP contribution is 2.43. The van der Waals surface area contributed by atoms with E-state index in [9.17, 15) is 9.59 Å². The van der Waals surface area contributed by atoms with Gasteiger partial charge in [-0.3, -0.25) is 4.79 Å². The number of carbonyl (C=O) groups excluding carboxylic acids is 2. The van der Waals surface area contributed by atoms with E-state index in [-0.39, 0.29) is 11.2 Å². The molecule has 1 unspecified atom stereocenters. The first-order valence-corrected chi connectivity index (χ1v) is 7.65. The van der Waals surface area contributed by atoms with Crippen molar-refractivity contribution in [2.45, 2.75) is 32.7 Å². The Morgan fingerprint density at radius 3 is 2.76 bits per heavy atom. The normalized spacial score (nSPS) is 24.2. The van der Waals surface area contributed by atoms with Crippen molar-refractivity contribution in [1.82, 2.24) is 5.32 Å². The van der Waals surface area contributed by atoms with Gasteiger partial charge in [0.05, 0.1) is 11.6 Å². The molecule has 4 nitrogen and oxygen atoms in total. The van der Waals surface area contributed by atoms with E-state index >= 15 is 0 Å². The van der Waals surface area contributed by atoms with E-state index in [0.29, 0.717) is 24.2 Å². The summed E-state index contributed by atoms with van der Waals surface area (Å²) in [6.07, 6.45) is 0.575. The van der Waals surface area contributed by atoms with Gasteiger partial charge in [0, 0.05) is 17.3 Å². The number of allylic oxidation sites excluding steroid dienone is 1. The highest BCUT2D eigenvalue weighted by atomic mass is 79.9. The molecule has 0 fully saturated rings. The lowest BCUT2D eigenvalue weighted by Gasteiger charge is -2.37. The molecule has 3 rings (SSSR count). The maximum atomic E-state index is 12.5. The molecule has 110 valence electrons. The molecule has 1 aliphatic carbocycles. The molecule has 1 amide bonds. The molecule has 1 aromatic carbocycles. The Balaban J connectivity index is 2.08. The van der Waals surface area contributed by atoms with Crippen LogP contribution in [0.15, 0.2) is 40.1 Å². The van der Waals surface area contributed by atoms with E-state index in [1.54, 1.807) is 0 Å². The van der Waals surface area contributed by atoms with E-state index < -0.39 is 12.1 Å². The maximum absolute atomic E-state index is 12.5. The summed E-state index contributed by atoms with van der Waals surface area (Å²) in [5.41, 5.74) is 1.30. The van der Waals surface area contributed by atoms with Crippen LogP contribution in [0.25, 0.3) is 0 Å². The van der Waals surface area contributed by atoms with E-state index in [2.05, 4.69) is 21.2 Å². The topological polar surface area (TPSA) is 55.4 Å². The lowest BCUT2D eigenvalue weighted by atomic mass is 9.74. The number of ether oxygens (including phenoxy) is 1. The Labute approximate surface area is 131 Å². The number of amides is 1. The SMILES string of the molecule is CC1(C)CC(=O)C2=C(C1)OC(=O)NC2c1cccc(Br)c1. The number of Topliss-reactive ketones (excluding diaryl/α,β-unsaturated/α-hetero) is 1. The summed E-state index contributed by atoms with van der Waals surface area (Å²) in [7, 11) is 0. The third-order valence-electron chi connectivity index (χ3n) is 3.83. The largest absolute Gasteiger partial charge is 0.414 e. The molecule has 1 atom stereocenters. The lowest BCUT2D eigenvalue weighted by Crippen LogP contribution is -2.41. The summed E-state index contributed by atoms with van der Waals surface area (Å²) in [5, 5.41) is 2.76. The monoisotopic (exact) mass is 349 g/mol. The van der Waals surface area contributed by atoms with Crippen LogP contribution in [0.1, 0.15) is 38.3 Å².